The second-order valence-corrected chi connectivity index (χ2v) is 15.0. The van der Waals surface area contributed by atoms with Crippen LogP contribution in [0.1, 0.15) is 29.7 Å². The number of thiophene rings is 2. The number of rotatable bonds is 7. The Kier molecular flexibility index (Phi) is 8.04. The molecule has 0 spiro atoms. The lowest BCUT2D eigenvalue weighted by molar-refractivity contribution is 0.822. The molecular weight excluding hydrogens is 657 g/mol. The lowest BCUT2D eigenvalue weighted by Crippen LogP contribution is -2.07. The third-order valence-corrected chi connectivity index (χ3v) is 12.2. The molecule has 0 aliphatic heterocycles. The third-order valence-electron chi connectivity index (χ3n) is 9.72. The van der Waals surface area contributed by atoms with E-state index in [1.165, 1.54) is 57.0 Å². The van der Waals surface area contributed by atoms with E-state index in [1.54, 1.807) is 0 Å². The van der Waals surface area contributed by atoms with Crippen molar-refractivity contribution in [3.8, 4) is 22.3 Å². The van der Waals surface area contributed by atoms with Crippen LogP contribution in [0.25, 0.3) is 68.3 Å². The Hall–Kier alpha value is -5.81. The summed E-state index contributed by atoms with van der Waals surface area (Å²) in [4.78, 5) is 5.44. The van der Waals surface area contributed by atoms with E-state index in [2.05, 4.69) is 153 Å². The van der Waals surface area contributed by atoms with Crippen molar-refractivity contribution < 1.29 is 0 Å². The lowest BCUT2D eigenvalue weighted by atomic mass is 9.90. The molecule has 1 unspecified atom stereocenters. The van der Waals surface area contributed by atoms with Crippen LogP contribution in [0.5, 0.6) is 0 Å². The van der Waals surface area contributed by atoms with E-state index >= 15 is 0 Å². The Bertz CT molecular complexity index is 2770. The Labute approximate surface area is 305 Å². The molecule has 9 rings (SSSR count). The van der Waals surface area contributed by atoms with Crippen molar-refractivity contribution in [2.75, 3.05) is 0 Å². The van der Waals surface area contributed by atoms with Crippen molar-refractivity contribution in [3.05, 3.63) is 187 Å². The number of hydrogen-bond donors (Lipinski definition) is 1. The van der Waals surface area contributed by atoms with Gasteiger partial charge in [0, 0.05) is 57.2 Å². The Morgan fingerprint density at radius 3 is 1.76 bits per heavy atom. The Balaban J connectivity index is 1.32. The van der Waals surface area contributed by atoms with Gasteiger partial charge in [-0.1, -0.05) is 146 Å². The molecule has 4 heteroatoms. The standard InChI is InChI=1S/C47H34N2S2/c1-30(31-14-4-2-5-15-31)49-43(29-42(48)32-16-6-3-7-17-32)35-27-26-33(34-20-12-21-38-36-18-8-10-24-44(36)50-46(34)38)28-41(35)40-23-13-22-39-37-19-9-11-25-45(37)51-47(39)40/h2-30H,48H2,1H3/b42-29-,49-43?. The Morgan fingerprint density at radius 2 is 1.10 bits per heavy atom. The molecule has 2 heterocycles. The van der Waals surface area contributed by atoms with Crippen molar-refractivity contribution in [2.45, 2.75) is 13.0 Å². The second-order valence-electron chi connectivity index (χ2n) is 12.9. The summed E-state index contributed by atoms with van der Waals surface area (Å²) in [6.45, 7) is 2.16. The van der Waals surface area contributed by atoms with Crippen LogP contribution >= 0.6 is 22.7 Å². The van der Waals surface area contributed by atoms with Gasteiger partial charge >= 0.3 is 0 Å². The highest BCUT2D eigenvalue weighted by Gasteiger charge is 2.19. The van der Waals surface area contributed by atoms with Gasteiger partial charge in [-0.05, 0) is 59.0 Å². The number of hydrogen-bond acceptors (Lipinski definition) is 4. The van der Waals surface area contributed by atoms with E-state index in [0.29, 0.717) is 5.70 Å². The van der Waals surface area contributed by atoms with Gasteiger partial charge in [0.25, 0.3) is 0 Å². The highest BCUT2D eigenvalue weighted by atomic mass is 32.1. The molecule has 0 aliphatic rings. The van der Waals surface area contributed by atoms with Gasteiger partial charge in [0.1, 0.15) is 0 Å². The fraction of sp³-hybridized carbons (Fsp3) is 0.0426. The maximum absolute atomic E-state index is 6.88. The molecule has 0 saturated carbocycles. The van der Waals surface area contributed by atoms with E-state index in [4.69, 9.17) is 10.7 Å². The van der Waals surface area contributed by atoms with Gasteiger partial charge in [-0.15, -0.1) is 22.7 Å². The maximum Gasteiger partial charge on any atom is 0.0728 e. The van der Waals surface area contributed by atoms with E-state index in [-0.39, 0.29) is 6.04 Å². The zero-order chi connectivity index (χ0) is 34.3. The number of nitrogens with zero attached hydrogens (tertiary/aromatic N) is 1. The van der Waals surface area contributed by atoms with Crippen molar-refractivity contribution >= 4 is 74.4 Å². The molecule has 0 saturated heterocycles. The predicted molar refractivity (Wildman–Crippen MR) is 223 cm³/mol. The van der Waals surface area contributed by atoms with Crippen molar-refractivity contribution in [1.82, 2.24) is 0 Å². The predicted octanol–water partition coefficient (Wildman–Crippen LogP) is 13.3. The van der Waals surface area contributed by atoms with Gasteiger partial charge in [0.05, 0.1) is 11.8 Å². The molecule has 2 N–H and O–H groups in total. The van der Waals surface area contributed by atoms with Crippen LogP contribution in [0.15, 0.2) is 175 Å². The maximum atomic E-state index is 6.88. The summed E-state index contributed by atoms with van der Waals surface area (Å²) < 4.78 is 5.16. The second kappa shape index (κ2) is 13.1. The summed E-state index contributed by atoms with van der Waals surface area (Å²) in [5.41, 5.74) is 16.3. The molecule has 0 radical (unpaired) electrons. The first-order valence-corrected chi connectivity index (χ1v) is 18.9. The zero-order valence-electron chi connectivity index (χ0n) is 28.1. The summed E-state index contributed by atoms with van der Waals surface area (Å²) in [6, 6.07) is 58.3. The van der Waals surface area contributed by atoms with Crippen molar-refractivity contribution in [2.24, 2.45) is 10.7 Å². The summed E-state index contributed by atoms with van der Waals surface area (Å²) in [6.07, 6.45) is 2.06. The van der Waals surface area contributed by atoms with E-state index in [1.807, 2.05) is 46.9 Å². The van der Waals surface area contributed by atoms with Gasteiger partial charge in [0.15, 0.2) is 0 Å². The quantitative estimate of drug-likeness (QED) is 0.166. The van der Waals surface area contributed by atoms with E-state index in [0.717, 1.165) is 28.0 Å². The average Bonchev–Trinajstić information content (AvgIpc) is 3.77. The van der Waals surface area contributed by atoms with E-state index in [9.17, 15) is 0 Å². The molecule has 0 aliphatic carbocycles. The van der Waals surface area contributed by atoms with Gasteiger partial charge < -0.3 is 5.73 Å². The molecule has 2 nitrogen and oxygen atoms in total. The first-order valence-electron chi connectivity index (χ1n) is 17.2. The van der Waals surface area contributed by atoms with Gasteiger partial charge in [-0.25, -0.2) is 0 Å². The van der Waals surface area contributed by atoms with Gasteiger partial charge in [-0.2, -0.15) is 0 Å². The highest BCUT2D eigenvalue weighted by Crippen LogP contribution is 2.44. The first kappa shape index (κ1) is 31.2. The molecule has 0 fully saturated rings. The molecular formula is C47H34N2S2. The minimum Gasteiger partial charge on any atom is -0.398 e. The molecule has 7 aromatic carbocycles. The monoisotopic (exact) mass is 690 g/mol. The van der Waals surface area contributed by atoms with Gasteiger partial charge in [-0.3, -0.25) is 4.99 Å². The van der Waals surface area contributed by atoms with Crippen LogP contribution in [0.2, 0.25) is 0 Å². The third kappa shape index (κ3) is 5.73. The SMILES string of the molecule is CC(N=C(/C=C(\N)c1ccccc1)c1ccc(-c2cccc3c2sc2ccccc23)cc1-c1cccc2c1sc1ccccc12)c1ccccc1. The van der Waals surface area contributed by atoms with Crippen molar-refractivity contribution in [3.63, 3.8) is 0 Å². The van der Waals surface area contributed by atoms with Crippen molar-refractivity contribution in [1.29, 1.82) is 0 Å². The molecule has 2 aromatic heterocycles. The number of aliphatic imine (C=N–C) groups is 1. The molecule has 0 amide bonds. The summed E-state index contributed by atoms with van der Waals surface area (Å²) in [5, 5.41) is 5.15. The molecule has 9 aromatic rings. The number of allylic oxidation sites excluding steroid dienone is 1. The fourth-order valence-electron chi connectivity index (χ4n) is 7.15. The highest BCUT2D eigenvalue weighted by molar-refractivity contribution is 7.26. The first-order chi connectivity index (χ1) is 25.1. The fourth-order valence-corrected chi connectivity index (χ4v) is 9.62. The van der Waals surface area contributed by atoms with Crippen LogP contribution < -0.4 is 5.73 Å². The topological polar surface area (TPSA) is 38.4 Å². The molecule has 0 bridgehead atoms. The van der Waals surface area contributed by atoms with Crippen LogP contribution in [0.3, 0.4) is 0 Å². The Morgan fingerprint density at radius 1 is 0.549 bits per heavy atom. The zero-order valence-corrected chi connectivity index (χ0v) is 29.7. The minimum absolute atomic E-state index is 0.0824. The van der Waals surface area contributed by atoms with Crippen LogP contribution in [-0.2, 0) is 0 Å². The number of nitrogens with two attached hydrogens (primary N) is 1. The normalized spacial score (nSPS) is 13.0. The molecule has 51 heavy (non-hydrogen) atoms. The summed E-state index contributed by atoms with van der Waals surface area (Å²) >= 11 is 3.72. The van der Waals surface area contributed by atoms with Crippen LogP contribution in [-0.4, -0.2) is 5.71 Å². The van der Waals surface area contributed by atoms with Crippen LogP contribution in [0, 0.1) is 0 Å². The lowest BCUT2D eigenvalue weighted by Gasteiger charge is -2.17. The van der Waals surface area contributed by atoms with E-state index < -0.39 is 0 Å². The number of fused-ring (bicyclic) bond motifs is 6. The number of benzene rings is 7. The van der Waals surface area contributed by atoms with Gasteiger partial charge in [0.2, 0.25) is 0 Å². The smallest absolute Gasteiger partial charge is 0.0728 e. The minimum atomic E-state index is -0.0824. The average molecular weight is 691 g/mol. The molecule has 244 valence electrons. The summed E-state index contributed by atoms with van der Waals surface area (Å²) in [7, 11) is 0. The largest absolute Gasteiger partial charge is 0.398 e. The van der Waals surface area contributed by atoms with Crippen LogP contribution in [0.4, 0.5) is 0 Å². The molecule has 1 atom stereocenters. The summed E-state index contributed by atoms with van der Waals surface area (Å²) in [5.74, 6) is 0.